The Labute approximate surface area is 97.0 Å². The lowest BCUT2D eigenvalue weighted by molar-refractivity contribution is 0.999. The molecule has 0 saturated heterocycles. The maximum Gasteiger partial charge on any atom is 0.174 e. The molecule has 79 valence electrons. The van der Waals surface area contributed by atoms with Gasteiger partial charge in [-0.1, -0.05) is 25.0 Å². The quantitative estimate of drug-likeness (QED) is 0.719. The Morgan fingerprint density at radius 1 is 1.00 bits per heavy atom. The zero-order chi connectivity index (χ0) is 11.4. The third-order valence-corrected chi connectivity index (χ3v) is 2.43. The van der Waals surface area contributed by atoms with E-state index in [4.69, 9.17) is 0 Å². The summed E-state index contributed by atoms with van der Waals surface area (Å²) < 4.78 is 0. The van der Waals surface area contributed by atoms with E-state index in [0.717, 1.165) is 29.1 Å². The van der Waals surface area contributed by atoms with Gasteiger partial charge in [-0.15, -0.1) is 0 Å². The molecule has 2 heterocycles. The minimum absolute atomic E-state index is 0.795. The number of aryl methyl sites for hydroxylation is 1. The Kier molecular flexibility index (Phi) is 3.35. The van der Waals surface area contributed by atoms with Gasteiger partial charge in [-0.2, -0.15) is 0 Å². The summed E-state index contributed by atoms with van der Waals surface area (Å²) in [6.45, 7) is 4.00. The van der Waals surface area contributed by atoms with E-state index in [1.165, 1.54) is 0 Å². The number of rotatable bonds is 3. The molecule has 16 heavy (non-hydrogen) atoms. The summed E-state index contributed by atoms with van der Waals surface area (Å²) in [5.41, 5.74) is 4.20. The summed E-state index contributed by atoms with van der Waals surface area (Å²) in [7, 11) is 2.01. The van der Waals surface area contributed by atoms with Gasteiger partial charge in [0, 0.05) is 23.5 Å². The third kappa shape index (κ3) is 2.69. The van der Waals surface area contributed by atoms with Gasteiger partial charge in [0.1, 0.15) is 0 Å². The van der Waals surface area contributed by atoms with Crippen molar-refractivity contribution in [2.24, 2.45) is 0 Å². The predicted molar refractivity (Wildman–Crippen MR) is 67.3 cm³/mol. The minimum atomic E-state index is 0.795. The van der Waals surface area contributed by atoms with Crippen molar-refractivity contribution in [1.82, 2.24) is 9.97 Å². The van der Waals surface area contributed by atoms with Crippen LogP contribution in [0.25, 0.3) is 0 Å². The highest BCUT2D eigenvalue weighted by atomic mass is 14.7. The summed E-state index contributed by atoms with van der Waals surface area (Å²) in [6.07, 6.45) is 0.795. The first-order valence-corrected chi connectivity index (χ1v) is 5.46. The van der Waals surface area contributed by atoms with Crippen LogP contribution < -0.4 is 5.59 Å². The maximum absolute atomic E-state index is 4.52. The van der Waals surface area contributed by atoms with E-state index in [-0.39, 0.29) is 0 Å². The largest absolute Gasteiger partial charge is 0.268 e. The molecule has 0 aliphatic heterocycles. The summed E-state index contributed by atoms with van der Waals surface area (Å²) >= 11 is 0. The number of hydrogen-bond acceptors (Lipinski definition) is 2. The highest BCUT2D eigenvalue weighted by Gasteiger charge is 2.00. The molecule has 0 aliphatic carbocycles. The molecule has 0 spiro atoms. The van der Waals surface area contributed by atoms with E-state index in [1.807, 2.05) is 57.4 Å². The van der Waals surface area contributed by atoms with E-state index in [0.29, 0.717) is 0 Å². The molecule has 2 nitrogen and oxygen atoms in total. The molecule has 0 unspecified atom stereocenters. The molecular weight excluding hydrogens is 195 g/mol. The van der Waals surface area contributed by atoms with Crippen molar-refractivity contribution >= 4 is 12.9 Å². The van der Waals surface area contributed by atoms with Gasteiger partial charge in [-0.25, -0.2) is 0 Å². The van der Waals surface area contributed by atoms with Crippen molar-refractivity contribution in [3.63, 3.8) is 0 Å². The molecule has 0 atom stereocenters. The van der Waals surface area contributed by atoms with Gasteiger partial charge in [0.05, 0.1) is 0 Å². The van der Waals surface area contributed by atoms with Crippen molar-refractivity contribution in [1.29, 1.82) is 0 Å². The fourth-order valence-electron chi connectivity index (χ4n) is 1.64. The van der Waals surface area contributed by atoms with Crippen molar-refractivity contribution in [3.05, 3.63) is 53.5 Å². The van der Waals surface area contributed by atoms with E-state index >= 15 is 0 Å². The number of nitrogens with zero attached hydrogens (tertiary/aromatic N) is 2. The van der Waals surface area contributed by atoms with Crippen molar-refractivity contribution < 1.29 is 0 Å². The molecule has 0 aromatic carbocycles. The number of pyridine rings is 2. The first-order valence-electron chi connectivity index (χ1n) is 5.46. The zero-order valence-electron chi connectivity index (χ0n) is 9.64. The molecular formula is C13H14BN2. The summed E-state index contributed by atoms with van der Waals surface area (Å²) in [4.78, 5) is 8.99. The molecule has 0 N–H and O–H groups in total. The van der Waals surface area contributed by atoms with Crippen molar-refractivity contribution in [3.8, 4) is 0 Å². The SMILES string of the molecule is C[B]c1cccc(Cc2cccc(C)n2)n1. The molecule has 0 aliphatic rings. The molecule has 2 aromatic heterocycles. The first kappa shape index (κ1) is 10.9. The number of aromatic nitrogens is 2. The first-order chi connectivity index (χ1) is 7.78. The van der Waals surface area contributed by atoms with E-state index in [1.54, 1.807) is 0 Å². The lowest BCUT2D eigenvalue weighted by atomic mass is 9.77. The highest BCUT2D eigenvalue weighted by molar-refractivity contribution is 6.50. The Bertz CT molecular complexity index is 483. The van der Waals surface area contributed by atoms with Gasteiger partial charge < -0.3 is 0 Å². The van der Waals surface area contributed by atoms with Crippen LogP contribution in [0, 0.1) is 6.92 Å². The highest BCUT2D eigenvalue weighted by Crippen LogP contribution is 2.04. The van der Waals surface area contributed by atoms with E-state index in [9.17, 15) is 0 Å². The average Bonchev–Trinajstić information content (AvgIpc) is 2.29. The Morgan fingerprint density at radius 3 is 2.38 bits per heavy atom. The van der Waals surface area contributed by atoms with E-state index in [2.05, 4.69) is 9.97 Å². The van der Waals surface area contributed by atoms with Crippen LogP contribution >= 0.6 is 0 Å². The third-order valence-electron chi connectivity index (χ3n) is 2.43. The van der Waals surface area contributed by atoms with Crippen LogP contribution in [0.2, 0.25) is 6.82 Å². The van der Waals surface area contributed by atoms with Crippen LogP contribution in [-0.2, 0) is 6.42 Å². The molecule has 0 fully saturated rings. The van der Waals surface area contributed by atoms with Crippen LogP contribution in [0.5, 0.6) is 0 Å². The van der Waals surface area contributed by atoms with Gasteiger partial charge >= 0.3 is 0 Å². The van der Waals surface area contributed by atoms with Crippen LogP contribution in [0.15, 0.2) is 36.4 Å². The lowest BCUT2D eigenvalue weighted by Gasteiger charge is -2.03. The molecule has 2 rings (SSSR count). The van der Waals surface area contributed by atoms with Gasteiger partial charge in [0.2, 0.25) is 0 Å². The number of hydrogen-bond donors (Lipinski definition) is 0. The molecule has 1 radical (unpaired) electrons. The van der Waals surface area contributed by atoms with Gasteiger partial charge in [0.25, 0.3) is 0 Å². The van der Waals surface area contributed by atoms with Crippen LogP contribution in [0.4, 0.5) is 0 Å². The molecule has 0 amide bonds. The second-order valence-corrected chi connectivity index (χ2v) is 3.79. The lowest BCUT2D eigenvalue weighted by Crippen LogP contribution is -2.16. The summed E-state index contributed by atoms with van der Waals surface area (Å²) in [5, 5.41) is 0. The molecule has 2 aromatic rings. The monoisotopic (exact) mass is 209 g/mol. The zero-order valence-corrected chi connectivity index (χ0v) is 9.64. The Hall–Kier alpha value is -1.64. The molecule has 0 saturated carbocycles. The molecule has 0 bridgehead atoms. The predicted octanol–water partition coefficient (Wildman–Crippen LogP) is 1.75. The van der Waals surface area contributed by atoms with Crippen molar-refractivity contribution in [2.45, 2.75) is 20.2 Å². The molecule has 3 heteroatoms. The Balaban J connectivity index is 2.20. The van der Waals surface area contributed by atoms with Crippen LogP contribution in [-0.4, -0.2) is 17.2 Å². The fourth-order valence-corrected chi connectivity index (χ4v) is 1.64. The van der Waals surface area contributed by atoms with Crippen LogP contribution in [0.3, 0.4) is 0 Å². The fraction of sp³-hybridized carbons (Fsp3) is 0.231. The average molecular weight is 209 g/mol. The van der Waals surface area contributed by atoms with E-state index < -0.39 is 0 Å². The topological polar surface area (TPSA) is 25.8 Å². The van der Waals surface area contributed by atoms with Gasteiger partial charge in [0.15, 0.2) is 7.28 Å². The maximum atomic E-state index is 4.52. The standard InChI is InChI=1S/C13H14BN2/c1-10-5-3-6-11(15-10)9-12-7-4-8-13(14-2)16-12/h3-8H,9H2,1-2H3. The Morgan fingerprint density at radius 2 is 1.69 bits per heavy atom. The van der Waals surface area contributed by atoms with Gasteiger partial charge in [-0.05, 0) is 30.7 Å². The summed E-state index contributed by atoms with van der Waals surface area (Å²) in [5.74, 6) is 0. The van der Waals surface area contributed by atoms with Crippen molar-refractivity contribution in [2.75, 3.05) is 0 Å². The van der Waals surface area contributed by atoms with Gasteiger partial charge in [-0.3, -0.25) is 9.97 Å². The smallest absolute Gasteiger partial charge is 0.174 e. The second-order valence-electron chi connectivity index (χ2n) is 3.79. The summed E-state index contributed by atoms with van der Waals surface area (Å²) in [6, 6.07) is 12.2. The van der Waals surface area contributed by atoms with Crippen LogP contribution in [0.1, 0.15) is 17.1 Å². The minimum Gasteiger partial charge on any atom is -0.268 e. The normalized spacial score (nSPS) is 10.1. The second kappa shape index (κ2) is 4.93.